The first kappa shape index (κ1) is 68.4. The number of amides is 2. The van der Waals surface area contributed by atoms with E-state index >= 15 is 0 Å². The second-order valence-corrected chi connectivity index (χ2v) is 27.7. The lowest BCUT2D eigenvalue weighted by molar-refractivity contribution is -0.145. The molecular weight excluding hydrogens is 1220 g/mol. The van der Waals surface area contributed by atoms with Gasteiger partial charge in [-0.2, -0.15) is 0 Å². The van der Waals surface area contributed by atoms with Crippen LogP contribution in [-0.2, 0) is 67.4 Å². The zero-order valence-electron chi connectivity index (χ0n) is 49.6. The van der Waals surface area contributed by atoms with Gasteiger partial charge in [0, 0.05) is 12.1 Å². The fourth-order valence-corrected chi connectivity index (χ4v) is 13.8. The highest BCUT2D eigenvalue weighted by atomic mass is 32.2. The number of sulfonamides is 2. The highest BCUT2D eigenvalue weighted by Gasteiger charge is 2.46. The molecule has 2 aromatic rings. The van der Waals surface area contributed by atoms with Crippen molar-refractivity contribution in [2.75, 3.05) is 65.9 Å². The monoisotopic (exact) mass is 1310 g/mol. The van der Waals surface area contributed by atoms with E-state index in [1.165, 1.54) is 24.3 Å². The number of carbonyl (C=O) groups is 3. The minimum atomic E-state index is -4.17. The standard InChI is InChI=1S/C25H36N2O10S.C23H36N2O8S.C7H11NO5P2/c1-2-19(26-25(29)36-23-15-35-24-18(23)9-10-34-24)20(28)14-27(37-16-5-3-4-6-16)38(30,31)17-7-8-21-22(13-17)33-12-11-32-21;1-5-18(24-22(27)32-23(2,3)4)19(26)15-25(33-16-8-6-7-9-16)34(28,29)17-10-11-20-21(14-17)31-13-12-30-20;9-7(13-15-8-14)12-5-3-11-6-4(5)1-2-10-6/h7-8,13,16,18-20,23-24,28H,2-6,9-12,14-15H2,1H3,(H,26,29);10-11,14,16,18-19,26H,5-9,12-13,15H2,1-4H3,(H,24,27);4-6H,1-3,14H2/t18-,19-,20+,23?,24+;18-,19+;4-,5-,6+/m000/s1. The number of nitrogens with zero attached hydrogens (tertiary/aromatic N) is 3. The second-order valence-electron chi connectivity index (χ2n) is 22.8. The van der Waals surface area contributed by atoms with Crippen LogP contribution in [0.15, 0.2) is 50.7 Å². The number of benzene rings is 2. The van der Waals surface area contributed by atoms with Crippen molar-refractivity contribution in [3.63, 3.8) is 0 Å². The van der Waals surface area contributed by atoms with Gasteiger partial charge in [0.1, 0.15) is 44.2 Å². The number of carbonyl (C=O) groups excluding carboxylic acids is 3. The van der Waals surface area contributed by atoms with Gasteiger partial charge in [0.25, 0.3) is 28.6 Å². The molecule has 4 saturated heterocycles. The lowest BCUT2D eigenvalue weighted by Gasteiger charge is -2.31. The molecule has 4 N–H and O–H groups in total. The van der Waals surface area contributed by atoms with Crippen LogP contribution < -0.4 is 29.6 Å². The number of hydroxylamine groups is 2. The van der Waals surface area contributed by atoms with E-state index in [0.717, 1.165) is 73.1 Å². The van der Waals surface area contributed by atoms with Crippen LogP contribution in [-0.4, -0.2) is 187 Å². The molecule has 6 heterocycles. The van der Waals surface area contributed by atoms with Crippen LogP contribution in [0.2, 0.25) is 0 Å². The molecule has 11 atom stereocenters. The summed E-state index contributed by atoms with van der Waals surface area (Å²) >= 11 is 0. The van der Waals surface area contributed by atoms with Crippen LogP contribution in [0.4, 0.5) is 14.4 Å². The third kappa shape index (κ3) is 19.0. The van der Waals surface area contributed by atoms with Gasteiger partial charge in [-0.05, 0) is 106 Å². The molecule has 488 valence electrons. The summed E-state index contributed by atoms with van der Waals surface area (Å²) in [6.45, 7) is 11.3. The molecule has 0 aromatic heterocycles. The summed E-state index contributed by atoms with van der Waals surface area (Å²) in [5.41, 5.74) is -0.702. The molecule has 2 aromatic carbocycles. The van der Waals surface area contributed by atoms with Crippen molar-refractivity contribution < 1.29 is 108 Å². The number of hydrogen-bond acceptors (Lipinski definition) is 24. The fraction of sp³-hybridized carbons (Fsp3) is 0.727. The van der Waals surface area contributed by atoms with E-state index in [2.05, 4.69) is 29.1 Å². The first-order valence-electron chi connectivity index (χ1n) is 29.6. The minimum absolute atomic E-state index is 0.0165. The Kier molecular flexibility index (Phi) is 25.1. The lowest BCUT2D eigenvalue weighted by atomic mass is 10.0. The van der Waals surface area contributed by atoms with Crippen molar-refractivity contribution in [1.82, 2.24) is 19.6 Å². The summed E-state index contributed by atoms with van der Waals surface area (Å²) < 4.78 is 124. The molecule has 6 aliphatic heterocycles. The van der Waals surface area contributed by atoms with E-state index in [4.69, 9.17) is 61.8 Å². The largest absolute Gasteiger partial charge is 0.518 e. The van der Waals surface area contributed by atoms with Crippen molar-refractivity contribution in [2.45, 2.75) is 188 Å². The number of fused-ring (bicyclic) bond motifs is 4. The zero-order chi connectivity index (χ0) is 62.3. The van der Waals surface area contributed by atoms with E-state index in [9.17, 15) is 41.4 Å². The van der Waals surface area contributed by atoms with E-state index in [1.807, 2.05) is 0 Å². The molecule has 0 spiro atoms. The molecule has 2 unspecified atom stereocenters. The van der Waals surface area contributed by atoms with Crippen molar-refractivity contribution in [3.8, 4) is 23.0 Å². The van der Waals surface area contributed by atoms with Gasteiger partial charge in [-0.25, -0.2) is 35.7 Å². The second kappa shape index (κ2) is 32.0. The normalized spacial score (nSPS) is 24.9. The van der Waals surface area contributed by atoms with E-state index in [1.54, 1.807) is 46.8 Å². The van der Waals surface area contributed by atoms with Crippen LogP contribution in [0.3, 0.4) is 0 Å². The quantitative estimate of drug-likeness (QED) is 0.0438. The van der Waals surface area contributed by atoms with Gasteiger partial charge < -0.3 is 77.5 Å². The molecule has 0 radical (unpaired) electrons. The summed E-state index contributed by atoms with van der Waals surface area (Å²) in [6, 6.07) is 7.24. The summed E-state index contributed by atoms with van der Waals surface area (Å²) in [7, 11) is -6.01. The molecule has 87 heavy (non-hydrogen) atoms. The maximum atomic E-state index is 13.7. The van der Waals surface area contributed by atoms with Gasteiger partial charge >= 0.3 is 18.3 Å². The van der Waals surface area contributed by atoms with Crippen LogP contribution in [0.25, 0.3) is 0 Å². The average molecular weight is 1310 g/mol. The Labute approximate surface area is 511 Å². The lowest BCUT2D eigenvalue weighted by Crippen LogP contribution is -2.50. The summed E-state index contributed by atoms with van der Waals surface area (Å²) in [4.78, 5) is 47.8. The maximum Gasteiger partial charge on any atom is 0.518 e. The van der Waals surface area contributed by atoms with Gasteiger partial charge in [0.15, 0.2) is 35.6 Å². The molecule has 32 heteroatoms. The fourth-order valence-electron chi connectivity index (χ4n) is 10.9. The van der Waals surface area contributed by atoms with Crippen LogP contribution >= 0.6 is 18.0 Å². The predicted octanol–water partition coefficient (Wildman–Crippen LogP) is 6.67. The van der Waals surface area contributed by atoms with Crippen molar-refractivity contribution in [3.05, 3.63) is 36.4 Å². The smallest absolute Gasteiger partial charge is 0.486 e. The Morgan fingerprint density at radius 1 is 0.632 bits per heavy atom. The Morgan fingerprint density at radius 3 is 1.48 bits per heavy atom. The molecular formula is C55H83N5O23P2S2. The summed E-state index contributed by atoms with van der Waals surface area (Å²) in [6.07, 6.45) is 2.58. The Balaban J connectivity index is 0.000000184. The number of hydrogen-bond donors (Lipinski definition) is 4. The van der Waals surface area contributed by atoms with Crippen molar-refractivity contribution >= 4 is 56.4 Å². The van der Waals surface area contributed by atoms with Gasteiger partial charge in [-0.15, -0.1) is 0 Å². The molecule has 10 rings (SSSR count). The number of alkyl carbamates (subject to hydrolysis) is 2. The van der Waals surface area contributed by atoms with Gasteiger partial charge in [-0.1, -0.05) is 48.5 Å². The van der Waals surface area contributed by atoms with Crippen molar-refractivity contribution in [2.24, 2.45) is 16.4 Å². The van der Waals surface area contributed by atoms with E-state index in [-0.39, 0.29) is 80.8 Å². The van der Waals surface area contributed by atoms with Crippen LogP contribution in [0.5, 0.6) is 23.0 Å². The average Bonchev–Trinajstić information content (AvgIpc) is 2.16. The zero-order valence-corrected chi connectivity index (χ0v) is 53.3. The molecule has 2 amide bonds. The van der Waals surface area contributed by atoms with Crippen LogP contribution in [0.1, 0.15) is 112 Å². The van der Waals surface area contributed by atoms with Gasteiger partial charge in [-0.3, -0.25) is 9.68 Å². The third-order valence-electron chi connectivity index (χ3n) is 15.4. The minimum Gasteiger partial charge on any atom is -0.486 e. The topological polar surface area (TPSA) is 332 Å². The Bertz CT molecular complexity index is 2850. The highest BCUT2D eigenvalue weighted by molar-refractivity contribution is 7.89. The highest BCUT2D eigenvalue weighted by Crippen LogP contribution is 2.38. The first-order chi connectivity index (χ1) is 41.6. The number of aliphatic hydroxyl groups is 2. The molecule has 28 nitrogen and oxygen atoms in total. The van der Waals surface area contributed by atoms with E-state index in [0.29, 0.717) is 82.1 Å². The molecule has 8 aliphatic rings. The maximum absolute atomic E-state index is 13.7. The third-order valence-corrected chi connectivity index (χ3v) is 19.3. The van der Waals surface area contributed by atoms with E-state index < -0.39 is 74.4 Å². The summed E-state index contributed by atoms with van der Waals surface area (Å²) in [5.74, 6) is 1.74. The Morgan fingerprint density at radius 2 is 1.06 bits per heavy atom. The van der Waals surface area contributed by atoms with Gasteiger partial charge in [0.2, 0.25) is 0 Å². The van der Waals surface area contributed by atoms with Gasteiger partial charge in [0.05, 0.1) is 97.6 Å². The molecule has 0 bridgehead atoms. The van der Waals surface area contributed by atoms with Crippen LogP contribution in [0, 0.1) is 11.8 Å². The van der Waals surface area contributed by atoms with Crippen molar-refractivity contribution in [1.29, 1.82) is 0 Å². The predicted molar refractivity (Wildman–Crippen MR) is 310 cm³/mol. The first-order valence-corrected chi connectivity index (χ1v) is 33.8. The molecule has 2 saturated carbocycles. The number of rotatable bonds is 21. The number of ether oxygens (including phenoxy) is 11. The summed E-state index contributed by atoms with van der Waals surface area (Å²) in [5, 5.41) is 27.3. The number of nitrogens with one attached hydrogen (secondary N) is 2. The number of aliphatic hydroxyl groups excluding tert-OH is 2. The molecule has 2 aliphatic carbocycles. The Hall–Kier alpha value is -4.52. The molecule has 6 fully saturated rings. The SMILES string of the molecule is CC[C@H](NC(=O)OC(C)(C)C)[C@H](O)CN(OC1CCCC1)S(=O)(=O)c1ccc2c(c1)OCCO2.CC[C@H](NC(=O)OC1CO[C@H]2OCC[C@@H]12)[C@H](O)CN(OC1CCCC1)S(=O)(=O)c1ccc2c(c1)OCCO2.O=C(OP=NP)O[C@H]1CO[C@H]2OCC[C@H]21.